The molecule has 0 radical (unpaired) electrons. The molecule has 14 heavy (non-hydrogen) atoms. The summed E-state index contributed by atoms with van der Waals surface area (Å²) in [6.45, 7) is 4.71. The van der Waals surface area contributed by atoms with Crippen LogP contribution in [-0.4, -0.2) is 60.4 Å². The average molecular weight is 232 g/mol. The fourth-order valence-electron chi connectivity index (χ4n) is 0.620. The van der Waals surface area contributed by atoms with E-state index in [9.17, 15) is 13.2 Å². The van der Waals surface area contributed by atoms with Crippen molar-refractivity contribution in [2.24, 2.45) is 0 Å². The third-order valence-corrected chi connectivity index (χ3v) is 2.02. The van der Waals surface area contributed by atoms with Gasteiger partial charge in [-0.05, 0) is 6.92 Å². The van der Waals surface area contributed by atoms with Crippen LogP contribution in [0.1, 0.15) is 13.3 Å². The summed E-state index contributed by atoms with van der Waals surface area (Å²) in [5.74, 6) is -1.03. The van der Waals surface area contributed by atoms with Gasteiger partial charge in [0.25, 0.3) is 10.1 Å². The number of carbonyl (C=O) groups excluding carboxylic acids is 1. The second kappa shape index (κ2) is 7.42. The van der Waals surface area contributed by atoms with E-state index in [4.69, 9.17) is 4.55 Å². The number of hydrogen-bond acceptors (Lipinski definition) is 4. The average Bonchev–Trinajstić information content (AvgIpc) is 1.99. The van der Waals surface area contributed by atoms with Gasteiger partial charge in [-0.25, -0.2) is 4.79 Å². The number of esters is 1. The van der Waals surface area contributed by atoms with Crippen LogP contribution in [0.2, 0.25) is 0 Å². The Balaban J connectivity index is 0. The van der Waals surface area contributed by atoms with Crippen molar-refractivity contribution < 1.29 is 22.5 Å². The fraction of sp³-hybridized carbons (Fsp3) is 0.571. The normalized spacial score (nSPS) is 12.4. The molecule has 1 atom stereocenters. The molecular formula is C7H13NaO5S. The van der Waals surface area contributed by atoms with Crippen molar-refractivity contribution in [1.29, 1.82) is 0 Å². The summed E-state index contributed by atoms with van der Waals surface area (Å²) in [5, 5.41) is 0. The second-order valence-corrected chi connectivity index (χ2v) is 4.10. The third kappa shape index (κ3) is 10.2. The van der Waals surface area contributed by atoms with Gasteiger partial charge in [0.1, 0.15) is 6.10 Å². The molecule has 7 heteroatoms. The van der Waals surface area contributed by atoms with Gasteiger partial charge >= 0.3 is 35.5 Å². The Labute approximate surface area is 106 Å². The summed E-state index contributed by atoms with van der Waals surface area (Å²) < 4.78 is 33.6. The molecule has 0 aromatic carbocycles. The molecule has 0 spiro atoms. The van der Waals surface area contributed by atoms with Crippen LogP contribution in [0.4, 0.5) is 0 Å². The molecule has 0 aliphatic rings. The number of carbonyl (C=O) groups is 1. The first-order chi connectivity index (χ1) is 5.85. The number of ether oxygens (including phenoxy) is 1. The zero-order valence-corrected chi connectivity index (χ0v) is 8.08. The van der Waals surface area contributed by atoms with Gasteiger partial charge in [-0.2, -0.15) is 8.42 Å². The topological polar surface area (TPSA) is 80.7 Å². The maximum absolute atomic E-state index is 10.6. The number of rotatable bonds is 5. The minimum absolute atomic E-state index is 0. The molecule has 0 rings (SSSR count). The van der Waals surface area contributed by atoms with Crippen molar-refractivity contribution in [3.8, 4) is 0 Å². The molecule has 0 aliphatic heterocycles. The molecule has 0 aromatic rings. The van der Waals surface area contributed by atoms with Gasteiger partial charge in [-0.3, -0.25) is 4.55 Å². The third-order valence-electron chi connectivity index (χ3n) is 1.27. The molecule has 5 nitrogen and oxygen atoms in total. The van der Waals surface area contributed by atoms with E-state index in [-0.39, 0.29) is 36.0 Å². The van der Waals surface area contributed by atoms with E-state index in [2.05, 4.69) is 11.3 Å². The van der Waals surface area contributed by atoms with Gasteiger partial charge in [0, 0.05) is 12.5 Å². The van der Waals surface area contributed by atoms with Gasteiger partial charge in [0.2, 0.25) is 0 Å². The van der Waals surface area contributed by atoms with E-state index >= 15 is 0 Å². The molecule has 0 amide bonds. The van der Waals surface area contributed by atoms with Gasteiger partial charge < -0.3 is 4.74 Å². The van der Waals surface area contributed by atoms with E-state index in [1.54, 1.807) is 0 Å². The maximum atomic E-state index is 10.6. The van der Waals surface area contributed by atoms with Crippen LogP contribution in [0, 0.1) is 0 Å². The van der Waals surface area contributed by atoms with Gasteiger partial charge in [-0.15, -0.1) is 0 Å². The molecule has 0 saturated carbocycles. The molecule has 0 bridgehead atoms. The van der Waals surface area contributed by atoms with Crippen molar-refractivity contribution in [3.05, 3.63) is 12.7 Å². The van der Waals surface area contributed by atoms with Gasteiger partial charge in [-0.1, -0.05) is 6.58 Å². The molecule has 0 heterocycles. The molecule has 78 valence electrons. The summed E-state index contributed by atoms with van der Waals surface area (Å²) in [6.07, 6.45) is 0.509. The number of hydrogen-bond donors (Lipinski definition) is 1. The van der Waals surface area contributed by atoms with E-state index in [0.29, 0.717) is 0 Å². The monoisotopic (exact) mass is 232 g/mol. The summed E-state index contributed by atoms with van der Waals surface area (Å²) in [5.41, 5.74) is 0. The van der Waals surface area contributed by atoms with Crippen LogP contribution in [-0.2, 0) is 19.6 Å². The SMILES string of the molecule is C=CC(=O)OC(C)CCS(=O)(=O)O.[NaH]. The van der Waals surface area contributed by atoms with E-state index in [1.165, 1.54) is 6.92 Å². The van der Waals surface area contributed by atoms with E-state index < -0.39 is 27.9 Å². The van der Waals surface area contributed by atoms with Crippen LogP contribution >= 0.6 is 0 Å². The van der Waals surface area contributed by atoms with E-state index in [1.807, 2.05) is 0 Å². The standard InChI is InChI=1S/C7H12O5S.Na.H/c1-3-7(8)12-6(2)4-5-13(9,10)11;;/h3,6H,1,4-5H2,2H3,(H,9,10,11);;. The Bertz CT molecular complexity index is 284. The summed E-state index contributed by atoms with van der Waals surface area (Å²) in [6, 6.07) is 0. The predicted molar refractivity (Wildman–Crippen MR) is 53.9 cm³/mol. The Morgan fingerprint density at radius 2 is 2.14 bits per heavy atom. The van der Waals surface area contributed by atoms with Crippen LogP contribution in [0.5, 0.6) is 0 Å². The Kier molecular flexibility index (Phi) is 8.77. The summed E-state index contributed by atoms with van der Waals surface area (Å²) in [4.78, 5) is 10.6. The van der Waals surface area contributed by atoms with Crippen molar-refractivity contribution in [2.45, 2.75) is 19.4 Å². The van der Waals surface area contributed by atoms with Crippen LogP contribution in [0.25, 0.3) is 0 Å². The molecule has 0 aromatic heterocycles. The second-order valence-electron chi connectivity index (χ2n) is 2.53. The van der Waals surface area contributed by atoms with Gasteiger partial charge in [0.15, 0.2) is 0 Å². The Morgan fingerprint density at radius 3 is 2.50 bits per heavy atom. The first-order valence-electron chi connectivity index (χ1n) is 3.63. The first kappa shape index (κ1) is 16.5. The molecular weight excluding hydrogens is 219 g/mol. The summed E-state index contributed by atoms with van der Waals surface area (Å²) >= 11 is 0. The van der Waals surface area contributed by atoms with E-state index in [0.717, 1.165) is 6.08 Å². The fourth-order valence-corrected chi connectivity index (χ4v) is 1.25. The van der Waals surface area contributed by atoms with Crippen LogP contribution in [0.15, 0.2) is 12.7 Å². The predicted octanol–water partition coefficient (Wildman–Crippen LogP) is -0.266. The Hall–Kier alpha value is 0.120. The van der Waals surface area contributed by atoms with Crippen molar-refractivity contribution in [1.82, 2.24) is 0 Å². The van der Waals surface area contributed by atoms with Crippen LogP contribution in [0.3, 0.4) is 0 Å². The summed E-state index contributed by atoms with van der Waals surface area (Å²) in [7, 11) is -3.98. The molecule has 1 unspecified atom stereocenters. The molecule has 0 fully saturated rings. The quantitative estimate of drug-likeness (QED) is 0.305. The van der Waals surface area contributed by atoms with Crippen molar-refractivity contribution in [2.75, 3.05) is 5.75 Å². The molecule has 0 saturated heterocycles. The first-order valence-corrected chi connectivity index (χ1v) is 5.24. The van der Waals surface area contributed by atoms with Crippen molar-refractivity contribution >= 4 is 45.6 Å². The molecule has 1 N–H and O–H groups in total. The zero-order valence-electron chi connectivity index (χ0n) is 7.26. The Morgan fingerprint density at radius 1 is 1.64 bits per heavy atom. The minimum atomic E-state index is -3.98. The molecule has 0 aliphatic carbocycles. The van der Waals surface area contributed by atoms with Gasteiger partial charge in [0.05, 0.1) is 5.75 Å². The van der Waals surface area contributed by atoms with Crippen LogP contribution < -0.4 is 0 Å². The zero-order chi connectivity index (χ0) is 10.5. The van der Waals surface area contributed by atoms with Crippen molar-refractivity contribution in [3.63, 3.8) is 0 Å².